The highest BCUT2D eigenvalue weighted by Gasteiger charge is 2.36. The van der Waals surface area contributed by atoms with E-state index in [4.69, 9.17) is 16.3 Å². The van der Waals surface area contributed by atoms with Gasteiger partial charge in [-0.25, -0.2) is 4.79 Å². The number of hydrogen-bond donors (Lipinski definition) is 2. The molecule has 7 nitrogen and oxygen atoms in total. The van der Waals surface area contributed by atoms with Crippen molar-refractivity contribution in [3.63, 3.8) is 0 Å². The molecule has 2 aromatic rings. The van der Waals surface area contributed by atoms with Crippen molar-refractivity contribution in [2.75, 3.05) is 12.4 Å². The molecule has 0 aliphatic carbocycles. The van der Waals surface area contributed by atoms with Crippen LogP contribution in [0.25, 0.3) is 0 Å². The third kappa shape index (κ3) is 8.22. The van der Waals surface area contributed by atoms with Crippen LogP contribution < -0.4 is 10.6 Å². The van der Waals surface area contributed by atoms with E-state index in [1.54, 1.807) is 33.9 Å². The lowest BCUT2D eigenvalue weighted by Crippen LogP contribution is -2.51. The molecule has 0 aliphatic heterocycles. The molecule has 0 aromatic heterocycles. The molecule has 2 aromatic carbocycles. The number of likely N-dealkylation sites (N-methyl/N-ethyl adjacent to an activating group) is 1. The van der Waals surface area contributed by atoms with Crippen LogP contribution in [0.4, 0.5) is 10.5 Å². The lowest BCUT2D eigenvalue weighted by molar-refractivity contribution is -0.139. The molecule has 2 rings (SSSR count). The molecular weight excluding hydrogens is 490 g/mol. The van der Waals surface area contributed by atoms with Crippen LogP contribution in [0.5, 0.6) is 0 Å². The second kappa shape index (κ2) is 12.5. The number of nitrogens with zero attached hydrogens (tertiary/aromatic N) is 1. The van der Waals surface area contributed by atoms with E-state index >= 15 is 0 Å². The molecule has 0 saturated carbocycles. The van der Waals surface area contributed by atoms with Gasteiger partial charge in [-0.1, -0.05) is 55.8 Å². The number of rotatable bonds is 8. The Hall–Kier alpha value is -3.06. The predicted molar refractivity (Wildman–Crippen MR) is 149 cm³/mol. The minimum Gasteiger partial charge on any atom is -0.444 e. The molecule has 2 unspecified atom stereocenters. The van der Waals surface area contributed by atoms with Crippen molar-refractivity contribution in [2.24, 2.45) is 5.92 Å². The summed E-state index contributed by atoms with van der Waals surface area (Å²) >= 11 is 6.39. The van der Waals surface area contributed by atoms with Crippen LogP contribution in [0, 0.1) is 26.7 Å². The summed E-state index contributed by atoms with van der Waals surface area (Å²) < 4.78 is 5.40. The lowest BCUT2D eigenvalue weighted by atomic mass is 9.93. The smallest absolute Gasteiger partial charge is 0.408 e. The molecule has 0 aliphatic rings. The lowest BCUT2D eigenvalue weighted by Gasteiger charge is -2.33. The number of benzene rings is 2. The average Bonchev–Trinajstić information content (AvgIpc) is 2.76. The summed E-state index contributed by atoms with van der Waals surface area (Å²) in [5.74, 6) is -0.682. The fraction of sp³-hybridized carbons (Fsp3) is 0.483. The van der Waals surface area contributed by atoms with Gasteiger partial charge in [-0.3, -0.25) is 9.59 Å². The maximum Gasteiger partial charge on any atom is 0.408 e. The normalized spacial score (nSPS) is 13.1. The van der Waals surface area contributed by atoms with E-state index in [9.17, 15) is 14.4 Å². The van der Waals surface area contributed by atoms with Crippen molar-refractivity contribution in [1.82, 2.24) is 10.2 Å². The van der Waals surface area contributed by atoms with Gasteiger partial charge >= 0.3 is 6.09 Å². The van der Waals surface area contributed by atoms with Gasteiger partial charge in [0, 0.05) is 7.05 Å². The highest BCUT2D eigenvalue weighted by Crippen LogP contribution is 2.31. The van der Waals surface area contributed by atoms with E-state index in [0.29, 0.717) is 17.1 Å². The van der Waals surface area contributed by atoms with Gasteiger partial charge in [0.1, 0.15) is 17.7 Å². The zero-order valence-corrected chi connectivity index (χ0v) is 24.1. The summed E-state index contributed by atoms with van der Waals surface area (Å²) in [6.45, 7) is 14.9. The maximum absolute atomic E-state index is 13.9. The number of ether oxygens (including phenoxy) is 1. The largest absolute Gasteiger partial charge is 0.444 e. The number of alkyl carbamates (subject to hydrolysis) is 1. The predicted octanol–water partition coefficient (Wildman–Crippen LogP) is 6.34. The van der Waals surface area contributed by atoms with E-state index in [1.807, 2.05) is 65.0 Å². The third-order valence-corrected chi connectivity index (χ3v) is 6.28. The van der Waals surface area contributed by atoms with Crippen molar-refractivity contribution in [3.05, 3.63) is 63.7 Å². The zero-order valence-electron chi connectivity index (χ0n) is 23.4. The van der Waals surface area contributed by atoms with Gasteiger partial charge < -0.3 is 20.3 Å². The Morgan fingerprint density at radius 1 is 0.973 bits per heavy atom. The number of aryl methyl sites for hydroxylation is 3. The van der Waals surface area contributed by atoms with Gasteiger partial charge in [0.05, 0.1) is 10.7 Å². The number of para-hydroxylation sites is 1. The monoisotopic (exact) mass is 529 g/mol. The fourth-order valence-electron chi connectivity index (χ4n) is 4.26. The van der Waals surface area contributed by atoms with Gasteiger partial charge in [-0.15, -0.1) is 0 Å². The van der Waals surface area contributed by atoms with Crippen LogP contribution in [0.15, 0.2) is 36.4 Å². The van der Waals surface area contributed by atoms with Gasteiger partial charge in [0.25, 0.3) is 5.91 Å². The van der Waals surface area contributed by atoms with Gasteiger partial charge in [-0.05, 0) is 82.2 Å². The standard InChI is InChI=1S/C29H40ClN3O4/c1-17(2)16-22(31-28(36)37-29(6,7)8)27(35)33(9)25(23-18(3)12-10-13-19(23)4)26(34)32-24-20(5)14-11-15-21(24)30/h10-15,17,22,25H,16H2,1-9H3,(H,31,36)(H,32,34). The number of hydrogen-bond acceptors (Lipinski definition) is 4. The first-order chi connectivity index (χ1) is 17.1. The van der Waals surface area contributed by atoms with E-state index < -0.39 is 35.6 Å². The minimum atomic E-state index is -0.959. The molecule has 202 valence electrons. The molecule has 0 saturated heterocycles. The van der Waals surface area contributed by atoms with E-state index in [0.717, 1.165) is 22.3 Å². The van der Waals surface area contributed by atoms with Crippen LogP contribution in [-0.2, 0) is 14.3 Å². The molecular formula is C29H40ClN3O4. The Kier molecular flexibility index (Phi) is 10.2. The molecule has 2 atom stereocenters. The van der Waals surface area contributed by atoms with Gasteiger partial charge in [0.2, 0.25) is 5.91 Å². The molecule has 0 heterocycles. The maximum atomic E-state index is 13.9. The first-order valence-electron chi connectivity index (χ1n) is 12.5. The first-order valence-corrected chi connectivity index (χ1v) is 12.9. The Morgan fingerprint density at radius 2 is 1.51 bits per heavy atom. The average molecular weight is 530 g/mol. The van der Waals surface area contributed by atoms with Crippen LogP contribution in [0.1, 0.15) is 69.3 Å². The molecule has 0 radical (unpaired) electrons. The minimum absolute atomic E-state index is 0.107. The number of halogens is 1. The van der Waals surface area contributed by atoms with E-state index in [2.05, 4.69) is 10.6 Å². The number of amides is 3. The second-order valence-electron chi connectivity index (χ2n) is 10.9. The highest BCUT2D eigenvalue weighted by atomic mass is 35.5. The van der Waals surface area contributed by atoms with Crippen LogP contribution in [0.2, 0.25) is 5.02 Å². The first kappa shape index (κ1) is 30.2. The number of carbonyl (C=O) groups is 3. The van der Waals surface area contributed by atoms with Gasteiger partial charge in [-0.2, -0.15) is 0 Å². The second-order valence-corrected chi connectivity index (χ2v) is 11.3. The molecule has 37 heavy (non-hydrogen) atoms. The SMILES string of the molecule is Cc1cccc(Cl)c1NC(=O)C(c1c(C)cccc1C)N(C)C(=O)C(CC(C)C)NC(=O)OC(C)(C)C. The Morgan fingerprint density at radius 3 is 2.03 bits per heavy atom. The molecule has 0 bridgehead atoms. The molecule has 8 heteroatoms. The fourth-order valence-corrected chi connectivity index (χ4v) is 4.53. The van der Waals surface area contributed by atoms with Crippen LogP contribution in [0.3, 0.4) is 0 Å². The molecule has 0 spiro atoms. The number of anilines is 1. The quantitative estimate of drug-likeness (QED) is 0.417. The van der Waals surface area contributed by atoms with Crippen LogP contribution >= 0.6 is 11.6 Å². The summed E-state index contributed by atoms with van der Waals surface area (Å²) in [5.41, 5.74) is 3.05. The summed E-state index contributed by atoms with van der Waals surface area (Å²) in [6.07, 6.45) is -0.299. The van der Waals surface area contributed by atoms with Gasteiger partial charge in [0.15, 0.2) is 0 Å². The summed E-state index contributed by atoms with van der Waals surface area (Å²) in [4.78, 5) is 41.7. The molecule has 0 fully saturated rings. The Labute approximate surface area is 225 Å². The van der Waals surface area contributed by atoms with Crippen molar-refractivity contribution in [1.29, 1.82) is 0 Å². The highest BCUT2D eigenvalue weighted by molar-refractivity contribution is 6.34. The van der Waals surface area contributed by atoms with Crippen molar-refractivity contribution >= 4 is 35.2 Å². The van der Waals surface area contributed by atoms with Crippen molar-refractivity contribution in [3.8, 4) is 0 Å². The van der Waals surface area contributed by atoms with E-state index in [1.165, 1.54) is 4.90 Å². The molecule has 2 N–H and O–H groups in total. The number of carbonyl (C=O) groups excluding carboxylic acids is 3. The Bertz CT molecular complexity index is 1100. The van der Waals surface area contributed by atoms with E-state index in [-0.39, 0.29) is 5.92 Å². The summed E-state index contributed by atoms with van der Waals surface area (Å²) in [6, 6.07) is 9.27. The topological polar surface area (TPSA) is 87.7 Å². The van der Waals surface area contributed by atoms with Crippen molar-refractivity contribution < 1.29 is 19.1 Å². The van der Waals surface area contributed by atoms with Crippen LogP contribution in [-0.4, -0.2) is 41.5 Å². The number of nitrogens with one attached hydrogen (secondary N) is 2. The molecule has 3 amide bonds. The Balaban J connectivity index is 2.50. The van der Waals surface area contributed by atoms with Crippen molar-refractivity contribution in [2.45, 2.75) is 79.5 Å². The third-order valence-electron chi connectivity index (χ3n) is 5.97. The summed E-state index contributed by atoms with van der Waals surface area (Å²) in [7, 11) is 1.59. The zero-order chi connectivity index (χ0) is 28.1. The summed E-state index contributed by atoms with van der Waals surface area (Å²) in [5, 5.41) is 6.07.